The standard InChI is InChI=1S/C10H18O4/c1-10(2,3)13-7-12-9(11)14-8-5-4-6-8/h8H,4-7H2,1-3H3. The van der Waals surface area contributed by atoms with Crippen LogP contribution in [0.25, 0.3) is 0 Å². The van der Waals surface area contributed by atoms with Crippen molar-refractivity contribution in [3.63, 3.8) is 0 Å². The highest BCUT2D eigenvalue weighted by atomic mass is 16.8. The van der Waals surface area contributed by atoms with Crippen molar-refractivity contribution in [3.05, 3.63) is 0 Å². The van der Waals surface area contributed by atoms with Gasteiger partial charge in [0.15, 0.2) is 6.79 Å². The molecule has 1 saturated carbocycles. The van der Waals surface area contributed by atoms with Gasteiger partial charge in [-0.25, -0.2) is 4.79 Å². The lowest BCUT2D eigenvalue weighted by Gasteiger charge is -2.25. The molecule has 1 fully saturated rings. The molecule has 0 radical (unpaired) electrons. The Morgan fingerprint density at radius 1 is 1.36 bits per heavy atom. The molecule has 0 heterocycles. The van der Waals surface area contributed by atoms with Crippen LogP contribution >= 0.6 is 0 Å². The second-order valence-electron chi connectivity index (χ2n) is 4.44. The summed E-state index contributed by atoms with van der Waals surface area (Å²) in [6.07, 6.45) is 2.48. The van der Waals surface area contributed by atoms with Crippen LogP contribution in [0.3, 0.4) is 0 Å². The van der Waals surface area contributed by atoms with Gasteiger partial charge in [0.2, 0.25) is 0 Å². The molecular formula is C10H18O4. The van der Waals surface area contributed by atoms with E-state index in [0.717, 1.165) is 19.3 Å². The summed E-state index contributed by atoms with van der Waals surface area (Å²) in [7, 11) is 0. The van der Waals surface area contributed by atoms with Gasteiger partial charge < -0.3 is 14.2 Å². The summed E-state index contributed by atoms with van der Waals surface area (Å²) < 4.78 is 14.9. The van der Waals surface area contributed by atoms with Crippen LogP contribution in [0.5, 0.6) is 0 Å². The van der Waals surface area contributed by atoms with E-state index in [1.165, 1.54) is 0 Å². The minimum absolute atomic E-state index is 0.0466. The van der Waals surface area contributed by atoms with Gasteiger partial charge in [0.25, 0.3) is 0 Å². The first-order chi connectivity index (χ1) is 6.47. The van der Waals surface area contributed by atoms with Crippen molar-refractivity contribution in [2.45, 2.75) is 51.7 Å². The van der Waals surface area contributed by atoms with E-state index in [1.54, 1.807) is 0 Å². The fourth-order valence-corrected chi connectivity index (χ4v) is 0.913. The first-order valence-electron chi connectivity index (χ1n) is 4.95. The quantitative estimate of drug-likeness (QED) is 0.521. The van der Waals surface area contributed by atoms with Crippen molar-refractivity contribution in [1.82, 2.24) is 0 Å². The van der Waals surface area contributed by atoms with E-state index in [9.17, 15) is 4.79 Å². The number of carbonyl (C=O) groups excluding carboxylic acids is 1. The molecule has 0 aromatic carbocycles. The van der Waals surface area contributed by atoms with Gasteiger partial charge in [-0.1, -0.05) is 0 Å². The van der Waals surface area contributed by atoms with Crippen molar-refractivity contribution in [2.24, 2.45) is 0 Å². The summed E-state index contributed by atoms with van der Waals surface area (Å²) in [6.45, 7) is 5.64. The lowest BCUT2D eigenvalue weighted by atomic mass is 9.96. The van der Waals surface area contributed by atoms with E-state index in [0.29, 0.717) is 0 Å². The highest BCUT2D eigenvalue weighted by molar-refractivity contribution is 5.60. The number of hydrogen-bond acceptors (Lipinski definition) is 4. The Morgan fingerprint density at radius 2 is 2.00 bits per heavy atom. The molecule has 0 bridgehead atoms. The molecule has 4 heteroatoms. The Bertz CT molecular complexity index is 191. The summed E-state index contributed by atoms with van der Waals surface area (Å²) in [5.41, 5.74) is -0.295. The average Bonchev–Trinajstić information content (AvgIpc) is 1.94. The monoisotopic (exact) mass is 202 g/mol. The summed E-state index contributed by atoms with van der Waals surface area (Å²) >= 11 is 0. The van der Waals surface area contributed by atoms with Gasteiger partial charge in [0.05, 0.1) is 5.60 Å². The molecule has 1 aliphatic carbocycles. The van der Waals surface area contributed by atoms with Crippen molar-refractivity contribution >= 4 is 6.16 Å². The second kappa shape index (κ2) is 4.64. The molecule has 0 aromatic heterocycles. The molecule has 0 spiro atoms. The zero-order chi connectivity index (χ0) is 10.6. The average molecular weight is 202 g/mol. The van der Waals surface area contributed by atoms with Crippen LogP contribution in [0.1, 0.15) is 40.0 Å². The fourth-order valence-electron chi connectivity index (χ4n) is 0.913. The van der Waals surface area contributed by atoms with Crippen LogP contribution in [0.2, 0.25) is 0 Å². The molecule has 0 aromatic rings. The minimum atomic E-state index is -0.626. The summed E-state index contributed by atoms with van der Waals surface area (Å²) in [5, 5.41) is 0. The van der Waals surface area contributed by atoms with Gasteiger partial charge in [-0.3, -0.25) is 0 Å². The van der Waals surface area contributed by atoms with Gasteiger partial charge in [-0.15, -0.1) is 0 Å². The molecule has 1 rings (SSSR count). The van der Waals surface area contributed by atoms with Crippen LogP contribution in [-0.4, -0.2) is 24.7 Å². The maximum absolute atomic E-state index is 11.0. The smallest absolute Gasteiger partial charge is 0.431 e. The summed E-state index contributed by atoms with van der Waals surface area (Å²) in [6, 6.07) is 0. The molecule has 14 heavy (non-hydrogen) atoms. The van der Waals surface area contributed by atoms with Crippen molar-refractivity contribution in [1.29, 1.82) is 0 Å². The molecule has 1 aliphatic rings. The minimum Gasteiger partial charge on any atom is -0.431 e. The number of carbonyl (C=O) groups is 1. The van der Waals surface area contributed by atoms with E-state index in [1.807, 2.05) is 20.8 Å². The van der Waals surface area contributed by atoms with Crippen molar-refractivity contribution in [3.8, 4) is 0 Å². The topological polar surface area (TPSA) is 44.8 Å². The van der Waals surface area contributed by atoms with Crippen molar-refractivity contribution < 1.29 is 19.0 Å². The fraction of sp³-hybridized carbons (Fsp3) is 0.900. The molecule has 4 nitrogen and oxygen atoms in total. The Hall–Kier alpha value is -0.770. The van der Waals surface area contributed by atoms with Crippen LogP contribution < -0.4 is 0 Å². The third-order valence-corrected chi connectivity index (χ3v) is 1.98. The maximum Gasteiger partial charge on any atom is 0.510 e. The largest absolute Gasteiger partial charge is 0.510 e. The molecule has 0 atom stereocenters. The highest BCUT2D eigenvalue weighted by Gasteiger charge is 2.22. The van der Waals surface area contributed by atoms with Gasteiger partial charge in [0, 0.05) is 0 Å². The Kier molecular flexibility index (Phi) is 3.75. The Balaban J connectivity index is 2.03. The van der Waals surface area contributed by atoms with Gasteiger partial charge in [0.1, 0.15) is 6.10 Å². The molecule has 0 aliphatic heterocycles. The van der Waals surface area contributed by atoms with E-state index in [-0.39, 0.29) is 18.5 Å². The van der Waals surface area contributed by atoms with E-state index >= 15 is 0 Å². The zero-order valence-electron chi connectivity index (χ0n) is 9.04. The highest BCUT2D eigenvalue weighted by Crippen LogP contribution is 2.22. The number of hydrogen-bond donors (Lipinski definition) is 0. The van der Waals surface area contributed by atoms with E-state index in [2.05, 4.69) is 0 Å². The third kappa shape index (κ3) is 4.46. The zero-order valence-corrected chi connectivity index (χ0v) is 9.04. The predicted octanol–water partition coefficient (Wildman–Crippen LogP) is 2.46. The van der Waals surface area contributed by atoms with E-state index in [4.69, 9.17) is 14.2 Å². The predicted molar refractivity (Wildman–Crippen MR) is 50.9 cm³/mol. The van der Waals surface area contributed by atoms with Gasteiger partial charge in [-0.05, 0) is 40.0 Å². The van der Waals surface area contributed by atoms with Crippen LogP contribution in [0.15, 0.2) is 0 Å². The first-order valence-corrected chi connectivity index (χ1v) is 4.95. The molecule has 82 valence electrons. The molecule has 0 amide bonds. The Labute approximate surface area is 84.5 Å². The van der Waals surface area contributed by atoms with Crippen LogP contribution in [0.4, 0.5) is 4.79 Å². The van der Waals surface area contributed by atoms with Gasteiger partial charge in [-0.2, -0.15) is 0 Å². The van der Waals surface area contributed by atoms with E-state index < -0.39 is 6.16 Å². The van der Waals surface area contributed by atoms with Crippen LogP contribution in [-0.2, 0) is 14.2 Å². The van der Waals surface area contributed by atoms with Gasteiger partial charge >= 0.3 is 6.16 Å². The Morgan fingerprint density at radius 3 is 2.43 bits per heavy atom. The molecule has 0 saturated heterocycles. The second-order valence-corrected chi connectivity index (χ2v) is 4.44. The SMILES string of the molecule is CC(C)(C)OCOC(=O)OC1CCC1. The third-order valence-electron chi connectivity index (χ3n) is 1.98. The van der Waals surface area contributed by atoms with Crippen molar-refractivity contribution in [2.75, 3.05) is 6.79 Å². The summed E-state index contributed by atoms with van der Waals surface area (Å²) in [5.74, 6) is 0. The maximum atomic E-state index is 11.0. The number of ether oxygens (including phenoxy) is 3. The molecular weight excluding hydrogens is 184 g/mol. The van der Waals surface area contributed by atoms with Crippen LogP contribution in [0, 0.1) is 0 Å². The first kappa shape index (κ1) is 11.3. The summed E-state index contributed by atoms with van der Waals surface area (Å²) in [4.78, 5) is 11.0. The number of rotatable bonds is 3. The lowest BCUT2D eigenvalue weighted by Crippen LogP contribution is -2.27. The lowest BCUT2D eigenvalue weighted by molar-refractivity contribution is -0.114. The molecule has 0 N–H and O–H groups in total. The normalized spacial score (nSPS) is 17.4. The molecule has 0 unspecified atom stereocenters.